The highest BCUT2D eigenvalue weighted by atomic mass is 32.1. The molecule has 2 heterocycles. The highest BCUT2D eigenvalue weighted by Gasteiger charge is 2.27. The van der Waals surface area contributed by atoms with Gasteiger partial charge in [0.15, 0.2) is 5.13 Å². The van der Waals surface area contributed by atoms with E-state index >= 15 is 4.39 Å². The summed E-state index contributed by atoms with van der Waals surface area (Å²) in [6.07, 6.45) is 5.25. The number of para-hydroxylation sites is 1. The van der Waals surface area contributed by atoms with Crippen LogP contribution in [-0.2, 0) is 6.54 Å². The van der Waals surface area contributed by atoms with Gasteiger partial charge in [0.2, 0.25) is 0 Å². The first-order valence-corrected chi connectivity index (χ1v) is 13.7. The van der Waals surface area contributed by atoms with Gasteiger partial charge in [0, 0.05) is 40.6 Å². The predicted octanol–water partition coefficient (Wildman–Crippen LogP) is 7.46. The number of hydrogen-bond donors (Lipinski definition) is 2. The van der Waals surface area contributed by atoms with Gasteiger partial charge in [-0.2, -0.15) is 0 Å². The molecule has 0 atom stereocenters. The van der Waals surface area contributed by atoms with E-state index in [9.17, 15) is 9.18 Å². The standard InChI is InChI=1S/C31H25F2N5OS/c32-26-16-27(33)28(15-25(26)30(39)36-22-12-13-22)38(23-9-5-2-6-10-23)19-24-18-35-31(40-24)37-29-14-11-21(17-34-29)20-7-3-1-4-8-20/h1-11,14-18,22H,12-13,19H2,(H,36,39)(H,34,35,37). The highest BCUT2D eigenvalue weighted by molar-refractivity contribution is 7.15. The minimum atomic E-state index is -0.887. The summed E-state index contributed by atoms with van der Waals surface area (Å²) in [7, 11) is 0. The van der Waals surface area contributed by atoms with E-state index in [0.29, 0.717) is 16.6 Å². The van der Waals surface area contributed by atoms with Crippen LogP contribution >= 0.6 is 11.3 Å². The zero-order valence-electron chi connectivity index (χ0n) is 21.4. The van der Waals surface area contributed by atoms with Crippen LogP contribution in [0.5, 0.6) is 0 Å². The number of amides is 1. The van der Waals surface area contributed by atoms with E-state index in [1.54, 1.807) is 17.3 Å². The molecule has 2 N–H and O–H groups in total. The first kappa shape index (κ1) is 25.6. The summed E-state index contributed by atoms with van der Waals surface area (Å²) in [6, 6.07) is 25.2. The maximum atomic E-state index is 15.2. The van der Waals surface area contributed by atoms with Crippen LogP contribution in [0.2, 0.25) is 0 Å². The number of hydrogen-bond acceptors (Lipinski definition) is 6. The fourth-order valence-electron chi connectivity index (χ4n) is 4.31. The van der Waals surface area contributed by atoms with Crippen molar-refractivity contribution >= 4 is 39.6 Å². The highest BCUT2D eigenvalue weighted by Crippen LogP contribution is 2.34. The van der Waals surface area contributed by atoms with Crippen molar-refractivity contribution in [2.75, 3.05) is 10.2 Å². The second kappa shape index (κ2) is 11.2. The molecule has 1 aliphatic carbocycles. The molecule has 1 amide bonds. The fourth-order valence-corrected chi connectivity index (χ4v) is 5.11. The van der Waals surface area contributed by atoms with Crippen molar-refractivity contribution in [3.05, 3.63) is 119 Å². The number of rotatable bonds is 9. The van der Waals surface area contributed by atoms with Gasteiger partial charge in [-0.3, -0.25) is 4.79 Å². The molecule has 0 radical (unpaired) electrons. The van der Waals surface area contributed by atoms with E-state index in [1.807, 2.05) is 72.8 Å². The summed E-state index contributed by atoms with van der Waals surface area (Å²) in [5.74, 6) is -1.53. The minimum Gasteiger partial charge on any atom is -0.349 e. The summed E-state index contributed by atoms with van der Waals surface area (Å²) in [6.45, 7) is 0.260. The molecule has 0 bridgehead atoms. The monoisotopic (exact) mass is 553 g/mol. The molecule has 1 saturated carbocycles. The molecule has 2 aromatic heterocycles. The van der Waals surface area contributed by atoms with Crippen molar-refractivity contribution in [3.63, 3.8) is 0 Å². The molecule has 6 nitrogen and oxygen atoms in total. The van der Waals surface area contributed by atoms with E-state index < -0.39 is 17.5 Å². The Balaban J connectivity index is 1.24. The molecule has 6 rings (SSSR count). The Morgan fingerprint density at radius 3 is 2.33 bits per heavy atom. The third-order valence-electron chi connectivity index (χ3n) is 6.53. The maximum Gasteiger partial charge on any atom is 0.254 e. The van der Waals surface area contributed by atoms with Crippen molar-refractivity contribution < 1.29 is 13.6 Å². The van der Waals surface area contributed by atoms with Crippen molar-refractivity contribution in [2.24, 2.45) is 0 Å². The molecule has 1 aliphatic rings. The number of benzene rings is 3. The Bertz CT molecular complexity index is 1620. The Labute approximate surface area is 234 Å². The van der Waals surface area contributed by atoms with Crippen LogP contribution in [0.15, 0.2) is 97.3 Å². The van der Waals surface area contributed by atoms with Gasteiger partial charge in [-0.05, 0) is 48.7 Å². The van der Waals surface area contributed by atoms with Gasteiger partial charge in [-0.15, -0.1) is 0 Å². The van der Waals surface area contributed by atoms with Crippen molar-refractivity contribution in [1.29, 1.82) is 0 Å². The number of halogens is 2. The molecule has 0 spiro atoms. The topological polar surface area (TPSA) is 70.2 Å². The lowest BCUT2D eigenvalue weighted by Crippen LogP contribution is -2.27. The summed E-state index contributed by atoms with van der Waals surface area (Å²) < 4.78 is 29.8. The first-order chi connectivity index (χ1) is 19.5. The van der Waals surface area contributed by atoms with Gasteiger partial charge in [0.1, 0.15) is 17.5 Å². The SMILES string of the molecule is O=C(NC1CC1)c1cc(N(Cc2cnc(Nc3ccc(-c4ccccc4)cn3)s2)c2ccccc2)c(F)cc1F. The molecule has 0 unspecified atom stereocenters. The van der Waals surface area contributed by atoms with Crippen LogP contribution in [0.3, 0.4) is 0 Å². The van der Waals surface area contributed by atoms with Gasteiger partial charge < -0.3 is 15.5 Å². The summed E-state index contributed by atoms with van der Waals surface area (Å²) in [4.78, 5) is 24.2. The average Bonchev–Trinajstić information content (AvgIpc) is 3.69. The van der Waals surface area contributed by atoms with Gasteiger partial charge in [0.05, 0.1) is 17.8 Å². The minimum absolute atomic E-state index is 0.0535. The predicted molar refractivity (Wildman–Crippen MR) is 154 cm³/mol. The number of pyridine rings is 1. The second-order valence-corrected chi connectivity index (χ2v) is 10.6. The molecule has 0 aliphatic heterocycles. The lowest BCUT2D eigenvalue weighted by Gasteiger charge is -2.25. The van der Waals surface area contributed by atoms with E-state index in [-0.39, 0.29) is 23.8 Å². The molecule has 200 valence electrons. The van der Waals surface area contributed by atoms with Crippen LogP contribution in [-0.4, -0.2) is 21.9 Å². The second-order valence-electron chi connectivity index (χ2n) is 9.51. The lowest BCUT2D eigenvalue weighted by atomic mass is 10.1. The molecule has 1 fully saturated rings. The summed E-state index contributed by atoms with van der Waals surface area (Å²) in [5, 5.41) is 6.64. The number of nitrogens with one attached hydrogen (secondary N) is 2. The number of carbonyl (C=O) groups is 1. The van der Waals surface area contributed by atoms with Gasteiger partial charge in [-0.1, -0.05) is 59.9 Å². The Morgan fingerprint density at radius 2 is 1.62 bits per heavy atom. The Morgan fingerprint density at radius 1 is 0.875 bits per heavy atom. The molecule has 3 aromatic carbocycles. The van der Waals surface area contributed by atoms with Crippen molar-refractivity contribution in [2.45, 2.75) is 25.4 Å². The van der Waals surface area contributed by atoms with Crippen LogP contribution in [0.4, 0.5) is 31.1 Å². The average molecular weight is 554 g/mol. The van der Waals surface area contributed by atoms with Crippen LogP contribution in [0.1, 0.15) is 28.1 Å². The zero-order valence-corrected chi connectivity index (χ0v) is 22.2. The van der Waals surface area contributed by atoms with Gasteiger partial charge >= 0.3 is 0 Å². The van der Waals surface area contributed by atoms with Crippen LogP contribution < -0.4 is 15.5 Å². The molecule has 9 heteroatoms. The van der Waals surface area contributed by atoms with Crippen molar-refractivity contribution in [3.8, 4) is 11.1 Å². The van der Waals surface area contributed by atoms with Crippen molar-refractivity contribution in [1.82, 2.24) is 15.3 Å². The lowest BCUT2D eigenvalue weighted by molar-refractivity contribution is 0.0947. The molecular weight excluding hydrogens is 528 g/mol. The zero-order chi connectivity index (χ0) is 27.5. The van der Waals surface area contributed by atoms with Gasteiger partial charge in [0.25, 0.3) is 5.91 Å². The third-order valence-corrected chi connectivity index (χ3v) is 7.42. The summed E-state index contributed by atoms with van der Waals surface area (Å²) >= 11 is 1.40. The summed E-state index contributed by atoms with van der Waals surface area (Å²) in [5.41, 5.74) is 2.72. The number of nitrogens with zero attached hydrogens (tertiary/aromatic N) is 3. The van der Waals surface area contributed by atoms with E-state index in [1.165, 1.54) is 17.4 Å². The number of thiazole rings is 1. The fraction of sp³-hybridized carbons (Fsp3) is 0.129. The Hall–Kier alpha value is -4.63. The quantitative estimate of drug-likeness (QED) is 0.198. The van der Waals surface area contributed by atoms with E-state index in [2.05, 4.69) is 20.6 Å². The normalized spacial score (nSPS) is 12.7. The van der Waals surface area contributed by atoms with E-state index in [0.717, 1.165) is 34.9 Å². The first-order valence-electron chi connectivity index (χ1n) is 12.9. The largest absolute Gasteiger partial charge is 0.349 e. The smallest absolute Gasteiger partial charge is 0.254 e. The van der Waals surface area contributed by atoms with Gasteiger partial charge in [-0.25, -0.2) is 18.7 Å². The molecule has 40 heavy (non-hydrogen) atoms. The van der Waals surface area contributed by atoms with E-state index in [4.69, 9.17) is 0 Å². The Kier molecular flexibility index (Phi) is 7.20. The van der Waals surface area contributed by atoms with Crippen LogP contribution in [0.25, 0.3) is 11.1 Å². The van der Waals surface area contributed by atoms with Crippen LogP contribution in [0, 0.1) is 11.6 Å². The number of aromatic nitrogens is 2. The maximum absolute atomic E-state index is 15.2. The molecular formula is C31H25F2N5OS. The molecule has 0 saturated heterocycles. The number of carbonyl (C=O) groups excluding carboxylic acids is 1. The molecule has 5 aromatic rings. The number of anilines is 4. The third kappa shape index (κ3) is 5.84.